The molecular weight excluding hydrogens is 462 g/mol. The zero-order chi connectivity index (χ0) is 20.4. The summed E-state index contributed by atoms with van der Waals surface area (Å²) < 4.78 is 2.06. The van der Waals surface area contributed by atoms with Crippen molar-refractivity contribution < 1.29 is 18.9 Å². The first-order chi connectivity index (χ1) is 13.5. The number of halogens is 2. The molecule has 4 rings (SSSR count). The first-order valence-electron chi connectivity index (χ1n) is 9.77. The summed E-state index contributed by atoms with van der Waals surface area (Å²) in [6, 6.07) is 27.8. The molecule has 28 heavy (non-hydrogen) atoms. The van der Waals surface area contributed by atoms with Gasteiger partial charge in [-0.1, -0.05) is 56.2 Å². The van der Waals surface area contributed by atoms with E-state index in [0.717, 1.165) is 0 Å². The van der Waals surface area contributed by atoms with E-state index in [2.05, 4.69) is 103 Å². The largest absolute Gasteiger partial charge is 0.213 e. The van der Waals surface area contributed by atoms with Crippen molar-refractivity contribution in [2.75, 3.05) is 0 Å². The van der Waals surface area contributed by atoms with Gasteiger partial charge in [-0.05, 0) is 0 Å². The Bertz CT molecular complexity index is 924. The molecule has 0 fully saturated rings. The number of aryl methyl sites for hydroxylation is 1. The summed E-state index contributed by atoms with van der Waals surface area (Å²) in [6.45, 7) is 6.38. The normalized spacial score (nSPS) is 10.2. The Kier molecular flexibility index (Phi) is 10.4. The van der Waals surface area contributed by atoms with Crippen LogP contribution in [0.15, 0.2) is 78.9 Å². The molecule has 0 aliphatic heterocycles. The summed E-state index contributed by atoms with van der Waals surface area (Å²) in [7, 11) is 11.2. The quantitative estimate of drug-likeness (QED) is 0.253. The topological polar surface area (TPSA) is 0 Å². The van der Waals surface area contributed by atoms with E-state index in [1.54, 1.807) is 0 Å². The predicted molar refractivity (Wildman–Crippen MR) is 126 cm³/mol. The van der Waals surface area contributed by atoms with Gasteiger partial charge in [-0.25, -0.2) is 12.1 Å². The summed E-state index contributed by atoms with van der Waals surface area (Å²) in [5.41, 5.74) is 1.47. The number of rotatable bonds is 3. The van der Waals surface area contributed by atoms with Crippen LogP contribution < -0.4 is 0 Å². The zero-order valence-corrected chi connectivity index (χ0v) is 20.8. The molecule has 0 aliphatic rings. The first kappa shape index (κ1) is 23.3. The van der Waals surface area contributed by atoms with Gasteiger partial charge in [0.25, 0.3) is 0 Å². The van der Waals surface area contributed by atoms with Crippen LogP contribution in [0.25, 0.3) is 21.5 Å². The van der Waals surface area contributed by atoms with Gasteiger partial charge in [0.15, 0.2) is 0 Å². The molecule has 148 valence electrons. The fraction of sp³-hybridized carbons (Fsp3) is 0.240. The maximum absolute atomic E-state index is 5.58. The molecule has 0 amide bonds. The Labute approximate surface area is 184 Å². The van der Waals surface area contributed by atoms with Gasteiger partial charge in [0.05, 0.1) is 0 Å². The molecule has 3 heteroatoms. The van der Waals surface area contributed by atoms with E-state index in [9.17, 15) is 0 Å². The molecule has 4 aromatic carbocycles. The van der Waals surface area contributed by atoms with Crippen molar-refractivity contribution in [3.8, 4) is 0 Å². The summed E-state index contributed by atoms with van der Waals surface area (Å²) in [6.07, 6.45) is 2.48. The molecule has 0 radical (unpaired) electrons. The molecule has 0 heterocycles. The Hall–Kier alpha value is -1.01. The van der Waals surface area contributed by atoms with Gasteiger partial charge in [-0.3, -0.25) is 0 Å². The van der Waals surface area contributed by atoms with E-state index in [0.29, 0.717) is 5.92 Å². The van der Waals surface area contributed by atoms with Crippen molar-refractivity contribution in [1.29, 1.82) is 0 Å². The zero-order valence-electron chi connectivity index (χ0n) is 16.8. The van der Waals surface area contributed by atoms with Gasteiger partial charge in [0.2, 0.25) is 0 Å². The van der Waals surface area contributed by atoms with Crippen molar-refractivity contribution in [2.45, 2.75) is 33.6 Å². The van der Waals surface area contributed by atoms with Gasteiger partial charge in [0.1, 0.15) is 0 Å². The van der Waals surface area contributed by atoms with E-state index >= 15 is 0 Å². The van der Waals surface area contributed by atoms with Gasteiger partial charge >= 0.3 is 59.4 Å². The van der Waals surface area contributed by atoms with Crippen LogP contribution in [0.5, 0.6) is 0 Å². The fourth-order valence-electron chi connectivity index (χ4n) is 3.03. The van der Waals surface area contributed by atoms with E-state index < -0.39 is 18.9 Å². The van der Waals surface area contributed by atoms with Crippen LogP contribution in [0.3, 0.4) is 0 Å². The minimum absolute atomic E-state index is 0.574. The molecule has 0 N–H and O–H groups in total. The van der Waals surface area contributed by atoms with Crippen molar-refractivity contribution >= 4 is 42.3 Å². The predicted octanol–water partition coefficient (Wildman–Crippen LogP) is 8.44. The van der Waals surface area contributed by atoms with Gasteiger partial charge in [-0.15, -0.1) is 39.7 Å². The van der Waals surface area contributed by atoms with Crippen LogP contribution in [0.4, 0.5) is 0 Å². The molecule has 0 nitrogen and oxygen atoms in total. The summed E-state index contributed by atoms with van der Waals surface area (Å²) >= 11 is -1.87. The fourth-order valence-corrected chi connectivity index (χ4v) is 7.25. The molecule has 0 aliphatic carbocycles. The molecule has 0 bridgehead atoms. The number of hydrogen-bond acceptors (Lipinski definition) is 0. The molecule has 0 aromatic heterocycles. The van der Waals surface area contributed by atoms with Crippen LogP contribution in [0, 0.1) is 5.92 Å². The Morgan fingerprint density at radius 1 is 0.893 bits per heavy atom. The summed E-state index contributed by atoms with van der Waals surface area (Å²) in [5.74, 6) is 0.574. The van der Waals surface area contributed by atoms with Crippen LogP contribution >= 0.6 is 17.0 Å². The van der Waals surface area contributed by atoms with E-state index in [-0.39, 0.29) is 0 Å². The third kappa shape index (κ3) is 7.78. The van der Waals surface area contributed by atoms with Crippen LogP contribution in [-0.2, 0) is 25.3 Å². The minimum atomic E-state index is -1.87. The van der Waals surface area contributed by atoms with E-state index in [4.69, 9.17) is 17.0 Å². The standard InChI is InChI=1S/C13H9.C8H11.C4H8.2ClH.Zr/c1-3-7-12-10(5-1)9-11-6-2-4-8-13(11)12;1-2-5-8-6-3-4-7-8;1-4(2)3;;;/h1-9H;3-4,6-7H,2,5H2,1H3;1,4H,2-3H3;2*1H;/q2*-1;;;;+2/p-2. The van der Waals surface area contributed by atoms with Crippen molar-refractivity contribution in [2.24, 2.45) is 5.92 Å². The average Bonchev–Trinajstić information content (AvgIpc) is 3.29. The monoisotopic (exact) mass is 488 g/mol. The van der Waals surface area contributed by atoms with Gasteiger partial charge < -0.3 is 0 Å². The number of hydrogen-bond donors (Lipinski definition) is 0. The molecule has 0 unspecified atom stereocenters. The number of fused-ring (bicyclic) bond motifs is 3. The summed E-state index contributed by atoms with van der Waals surface area (Å²) in [4.78, 5) is 0. The van der Waals surface area contributed by atoms with Crippen molar-refractivity contribution in [3.05, 3.63) is 84.4 Å². The molecule has 0 saturated carbocycles. The van der Waals surface area contributed by atoms with Gasteiger partial charge in [-0.2, -0.15) is 17.7 Å². The van der Waals surface area contributed by atoms with Crippen molar-refractivity contribution in [1.82, 2.24) is 0 Å². The van der Waals surface area contributed by atoms with Crippen molar-refractivity contribution in [3.63, 3.8) is 0 Å². The Balaban J connectivity index is 0.000000163. The molecule has 4 aromatic rings. The maximum atomic E-state index is 5.58. The minimum Gasteiger partial charge on any atom is -0.213 e. The summed E-state index contributed by atoms with van der Waals surface area (Å²) in [5, 5.41) is 5.39. The van der Waals surface area contributed by atoms with Crippen LogP contribution in [0.1, 0.15) is 32.8 Å². The molecule has 0 atom stereocenters. The Morgan fingerprint density at radius 3 is 1.79 bits per heavy atom. The second-order valence-electron chi connectivity index (χ2n) is 7.06. The molecule has 0 saturated heterocycles. The number of benzene rings is 2. The smallest absolute Gasteiger partial charge is 0.0627 e. The third-order valence-corrected chi connectivity index (χ3v) is 8.00. The SMILES string of the molecule is CC(C)[CH]=[Zr]([Cl])[Cl].CCC[c-]1cccc1.c1ccc2c(c1)[cH-]c1ccccc12. The molecular formula is C25H28Cl2Zr-2. The van der Waals surface area contributed by atoms with E-state index in [1.165, 1.54) is 39.9 Å². The maximum Gasteiger partial charge on any atom is -0.0627 e. The van der Waals surface area contributed by atoms with Gasteiger partial charge in [0, 0.05) is 0 Å². The van der Waals surface area contributed by atoms with Crippen LogP contribution in [-0.4, -0.2) is 3.71 Å². The Morgan fingerprint density at radius 2 is 1.39 bits per heavy atom. The second-order valence-corrected chi connectivity index (χ2v) is 15.3. The van der Waals surface area contributed by atoms with Crippen LogP contribution in [0.2, 0.25) is 0 Å². The first-order valence-corrected chi connectivity index (χ1v) is 17.5. The third-order valence-electron chi connectivity index (χ3n) is 4.25. The molecule has 0 spiro atoms. The average molecular weight is 491 g/mol. The second kappa shape index (κ2) is 12.5. The van der Waals surface area contributed by atoms with E-state index in [1.807, 2.05) is 0 Å².